The molecule has 2 aromatic rings. The average Bonchev–Trinajstić information content (AvgIpc) is 3.15. The quantitative estimate of drug-likeness (QED) is 0.859. The summed E-state index contributed by atoms with van der Waals surface area (Å²) in [6.07, 6.45) is 3.27. The van der Waals surface area contributed by atoms with Crippen LogP contribution in [0.4, 0.5) is 0 Å². The molecule has 0 spiro atoms. The minimum Gasteiger partial charge on any atom is -0.377 e. The van der Waals surface area contributed by atoms with Crippen LogP contribution >= 0.6 is 0 Å². The van der Waals surface area contributed by atoms with Crippen LogP contribution in [0.5, 0.6) is 0 Å². The average molecular weight is 338 g/mol. The number of amides is 1. The van der Waals surface area contributed by atoms with Crippen molar-refractivity contribution in [3.63, 3.8) is 0 Å². The molecule has 1 amide bonds. The highest BCUT2D eigenvalue weighted by Crippen LogP contribution is 2.17. The summed E-state index contributed by atoms with van der Waals surface area (Å²) in [4.78, 5) is 17.1. The minimum atomic E-state index is 0.243. The Morgan fingerprint density at radius 3 is 2.60 bits per heavy atom. The molecule has 2 saturated heterocycles. The van der Waals surface area contributed by atoms with Crippen LogP contribution in [-0.4, -0.2) is 61.1 Å². The minimum absolute atomic E-state index is 0.243. The lowest BCUT2D eigenvalue weighted by atomic mass is 10.0. The first kappa shape index (κ1) is 16.6. The van der Waals surface area contributed by atoms with E-state index in [9.17, 15) is 4.79 Å². The Morgan fingerprint density at radius 2 is 1.84 bits per heavy atom. The first-order chi connectivity index (χ1) is 12.3. The molecule has 2 aliphatic rings. The van der Waals surface area contributed by atoms with Crippen LogP contribution in [0.3, 0.4) is 0 Å². The van der Waals surface area contributed by atoms with Crippen molar-refractivity contribution in [1.29, 1.82) is 0 Å². The number of nitrogens with zero attached hydrogens (tertiary/aromatic N) is 2. The maximum absolute atomic E-state index is 12.6. The second kappa shape index (κ2) is 7.54. The van der Waals surface area contributed by atoms with Gasteiger partial charge in [-0.15, -0.1) is 0 Å². The highest BCUT2D eigenvalue weighted by molar-refractivity contribution is 5.85. The van der Waals surface area contributed by atoms with Gasteiger partial charge in [0, 0.05) is 39.3 Å². The van der Waals surface area contributed by atoms with Crippen molar-refractivity contribution in [1.82, 2.24) is 9.80 Å². The van der Waals surface area contributed by atoms with Gasteiger partial charge in [0.1, 0.15) is 0 Å². The van der Waals surface area contributed by atoms with Crippen LogP contribution in [0.25, 0.3) is 10.8 Å². The molecule has 4 rings (SSSR count). The fourth-order valence-electron chi connectivity index (χ4n) is 3.89. The van der Waals surface area contributed by atoms with Crippen molar-refractivity contribution in [2.24, 2.45) is 0 Å². The number of ether oxygens (including phenoxy) is 1. The second-order valence-corrected chi connectivity index (χ2v) is 7.17. The number of hydrogen-bond donors (Lipinski definition) is 0. The molecule has 0 unspecified atom stereocenters. The molecule has 4 nitrogen and oxygen atoms in total. The number of carbonyl (C=O) groups is 1. The summed E-state index contributed by atoms with van der Waals surface area (Å²) < 4.78 is 5.72. The van der Waals surface area contributed by atoms with Crippen molar-refractivity contribution >= 4 is 16.7 Å². The summed E-state index contributed by atoms with van der Waals surface area (Å²) in [5.74, 6) is 0.243. The first-order valence-corrected chi connectivity index (χ1v) is 9.37. The van der Waals surface area contributed by atoms with Crippen molar-refractivity contribution in [3.8, 4) is 0 Å². The largest absolute Gasteiger partial charge is 0.377 e. The Hall–Kier alpha value is -1.91. The Labute approximate surface area is 149 Å². The summed E-state index contributed by atoms with van der Waals surface area (Å²) in [7, 11) is 0. The highest BCUT2D eigenvalue weighted by Gasteiger charge is 2.24. The molecule has 0 radical (unpaired) electrons. The Balaban J connectivity index is 1.30. The number of rotatable bonds is 4. The van der Waals surface area contributed by atoms with Gasteiger partial charge in [-0.25, -0.2) is 0 Å². The van der Waals surface area contributed by atoms with Crippen LogP contribution in [0, 0.1) is 0 Å². The van der Waals surface area contributed by atoms with E-state index in [0.29, 0.717) is 12.5 Å². The van der Waals surface area contributed by atoms with Crippen molar-refractivity contribution in [3.05, 3.63) is 48.0 Å². The van der Waals surface area contributed by atoms with Gasteiger partial charge in [0.2, 0.25) is 5.91 Å². The molecular formula is C21H26N2O2. The van der Waals surface area contributed by atoms with Crippen molar-refractivity contribution in [2.75, 3.05) is 39.3 Å². The van der Waals surface area contributed by atoms with E-state index in [4.69, 9.17) is 4.74 Å². The monoisotopic (exact) mass is 338 g/mol. The molecule has 0 bridgehead atoms. The molecule has 2 aliphatic heterocycles. The van der Waals surface area contributed by atoms with Gasteiger partial charge in [-0.05, 0) is 29.2 Å². The third-order valence-corrected chi connectivity index (χ3v) is 5.38. The first-order valence-electron chi connectivity index (χ1n) is 9.37. The molecule has 0 saturated carbocycles. The summed E-state index contributed by atoms with van der Waals surface area (Å²) in [6.45, 7) is 5.52. The molecule has 1 atom stereocenters. The zero-order chi connectivity index (χ0) is 17.1. The van der Waals surface area contributed by atoms with E-state index >= 15 is 0 Å². The molecule has 132 valence electrons. The van der Waals surface area contributed by atoms with E-state index in [0.717, 1.165) is 44.9 Å². The molecule has 4 heteroatoms. The maximum Gasteiger partial charge on any atom is 0.227 e. The zero-order valence-corrected chi connectivity index (χ0v) is 14.7. The summed E-state index contributed by atoms with van der Waals surface area (Å²) >= 11 is 0. The number of fused-ring (bicyclic) bond motifs is 1. The van der Waals surface area contributed by atoms with Crippen LogP contribution in [-0.2, 0) is 16.0 Å². The zero-order valence-electron chi connectivity index (χ0n) is 14.7. The highest BCUT2D eigenvalue weighted by atomic mass is 16.5. The fraction of sp³-hybridized carbons (Fsp3) is 0.476. The van der Waals surface area contributed by atoms with Crippen molar-refractivity contribution < 1.29 is 9.53 Å². The topological polar surface area (TPSA) is 32.8 Å². The van der Waals surface area contributed by atoms with Gasteiger partial charge < -0.3 is 9.64 Å². The van der Waals surface area contributed by atoms with E-state index in [1.54, 1.807) is 0 Å². The summed E-state index contributed by atoms with van der Waals surface area (Å²) in [6, 6.07) is 14.6. The van der Waals surface area contributed by atoms with E-state index in [1.165, 1.54) is 23.6 Å². The molecule has 0 aromatic heterocycles. The summed E-state index contributed by atoms with van der Waals surface area (Å²) in [5.41, 5.74) is 1.10. The smallest absolute Gasteiger partial charge is 0.227 e. The Morgan fingerprint density at radius 1 is 1.04 bits per heavy atom. The van der Waals surface area contributed by atoms with E-state index in [1.807, 2.05) is 17.0 Å². The maximum atomic E-state index is 12.6. The Bertz CT molecular complexity index is 732. The van der Waals surface area contributed by atoms with Gasteiger partial charge in [0.05, 0.1) is 12.5 Å². The third kappa shape index (κ3) is 4.02. The van der Waals surface area contributed by atoms with Crippen LogP contribution in [0.2, 0.25) is 0 Å². The lowest BCUT2D eigenvalue weighted by molar-refractivity contribution is -0.132. The third-order valence-electron chi connectivity index (χ3n) is 5.38. The fourth-order valence-corrected chi connectivity index (χ4v) is 3.89. The van der Waals surface area contributed by atoms with Crippen LogP contribution in [0.1, 0.15) is 18.4 Å². The molecule has 25 heavy (non-hydrogen) atoms. The Kier molecular flexibility index (Phi) is 4.99. The van der Waals surface area contributed by atoms with Gasteiger partial charge in [-0.1, -0.05) is 42.5 Å². The molecule has 2 fully saturated rings. The number of benzene rings is 2. The van der Waals surface area contributed by atoms with Gasteiger partial charge in [-0.3, -0.25) is 9.69 Å². The van der Waals surface area contributed by atoms with E-state index in [2.05, 4.69) is 35.2 Å². The molecule has 2 heterocycles. The number of carbonyl (C=O) groups excluding carboxylic acids is 1. The van der Waals surface area contributed by atoms with Gasteiger partial charge in [0.25, 0.3) is 0 Å². The summed E-state index contributed by atoms with van der Waals surface area (Å²) in [5, 5.41) is 2.43. The molecule has 0 N–H and O–H groups in total. The SMILES string of the molecule is O=C(Cc1ccc2ccccc2c1)N1CCN(C[C@@H]2CCCO2)CC1. The molecular weight excluding hydrogens is 312 g/mol. The number of hydrogen-bond acceptors (Lipinski definition) is 3. The lowest BCUT2D eigenvalue weighted by Gasteiger charge is -2.35. The van der Waals surface area contributed by atoms with Crippen LogP contribution in [0.15, 0.2) is 42.5 Å². The predicted molar refractivity (Wildman–Crippen MR) is 99.6 cm³/mol. The van der Waals surface area contributed by atoms with E-state index in [-0.39, 0.29) is 5.91 Å². The van der Waals surface area contributed by atoms with Gasteiger partial charge >= 0.3 is 0 Å². The number of piperazine rings is 1. The predicted octanol–water partition coefficient (Wildman–Crippen LogP) is 2.71. The normalized spacial score (nSPS) is 21.8. The van der Waals surface area contributed by atoms with E-state index < -0.39 is 0 Å². The lowest BCUT2D eigenvalue weighted by Crippen LogP contribution is -2.50. The van der Waals surface area contributed by atoms with Gasteiger partial charge in [0.15, 0.2) is 0 Å². The molecule has 0 aliphatic carbocycles. The van der Waals surface area contributed by atoms with Crippen molar-refractivity contribution in [2.45, 2.75) is 25.4 Å². The molecule has 2 aromatic carbocycles. The van der Waals surface area contributed by atoms with Crippen LogP contribution < -0.4 is 0 Å². The second-order valence-electron chi connectivity index (χ2n) is 7.17. The van der Waals surface area contributed by atoms with Gasteiger partial charge in [-0.2, -0.15) is 0 Å². The standard InChI is InChI=1S/C21H26N2O2/c24-21(15-17-7-8-18-4-1-2-5-19(18)14-17)23-11-9-22(10-12-23)16-20-6-3-13-25-20/h1-2,4-5,7-8,14,20H,3,6,9-13,15-16H2/t20-/m0/s1.